The Balaban J connectivity index is 1.50. The Morgan fingerprint density at radius 2 is 1.69 bits per heavy atom. The molecule has 0 fully saturated rings. The van der Waals surface area contributed by atoms with Crippen LogP contribution in [0.2, 0.25) is 0 Å². The van der Waals surface area contributed by atoms with Crippen molar-refractivity contribution >= 4 is 29.1 Å². The van der Waals surface area contributed by atoms with Gasteiger partial charge in [-0.3, -0.25) is 14.4 Å². The van der Waals surface area contributed by atoms with Crippen molar-refractivity contribution in [1.82, 2.24) is 16.0 Å². The van der Waals surface area contributed by atoms with Crippen LogP contribution < -0.4 is 16.0 Å². The molecule has 0 saturated carbocycles. The molecule has 0 aliphatic carbocycles. The normalized spacial score (nSPS) is 10.2. The van der Waals surface area contributed by atoms with Crippen LogP contribution in [0.4, 0.5) is 0 Å². The van der Waals surface area contributed by atoms with Crippen molar-refractivity contribution in [3.8, 4) is 0 Å². The predicted octanol–water partition coefficient (Wildman–Crippen LogP) is 1.73. The van der Waals surface area contributed by atoms with Gasteiger partial charge in [0.15, 0.2) is 0 Å². The van der Waals surface area contributed by atoms with Crippen LogP contribution in [-0.4, -0.2) is 37.4 Å². The minimum absolute atomic E-state index is 0.0329. The molecule has 1 aromatic heterocycles. The Morgan fingerprint density at radius 1 is 0.885 bits per heavy atom. The predicted molar refractivity (Wildman–Crippen MR) is 102 cm³/mol. The maximum absolute atomic E-state index is 11.7. The highest BCUT2D eigenvalue weighted by Gasteiger charge is 2.07. The molecule has 0 aliphatic rings. The van der Waals surface area contributed by atoms with Gasteiger partial charge in [0.05, 0.1) is 6.54 Å². The molecule has 0 unspecified atom stereocenters. The Kier molecular flexibility index (Phi) is 8.35. The van der Waals surface area contributed by atoms with Crippen molar-refractivity contribution in [3.63, 3.8) is 0 Å². The highest BCUT2D eigenvalue weighted by molar-refractivity contribution is 7.08. The number of rotatable bonds is 10. The minimum atomic E-state index is -0.208. The Labute approximate surface area is 157 Å². The quantitative estimate of drug-likeness (QED) is 0.554. The smallest absolute Gasteiger partial charge is 0.252 e. The topological polar surface area (TPSA) is 87.3 Å². The summed E-state index contributed by atoms with van der Waals surface area (Å²) in [6.07, 6.45) is 1.54. The molecule has 2 rings (SSSR count). The van der Waals surface area contributed by atoms with Crippen molar-refractivity contribution in [3.05, 3.63) is 58.3 Å². The van der Waals surface area contributed by atoms with E-state index in [2.05, 4.69) is 16.0 Å². The number of nitrogens with one attached hydrogen (secondary N) is 3. The fourth-order valence-corrected chi connectivity index (χ4v) is 2.90. The molecule has 0 spiro atoms. The summed E-state index contributed by atoms with van der Waals surface area (Å²) in [6, 6.07) is 11.6. The van der Waals surface area contributed by atoms with Gasteiger partial charge in [-0.05, 0) is 29.9 Å². The molecular formula is C19H23N3O3S. The fourth-order valence-electron chi connectivity index (χ4n) is 2.27. The lowest BCUT2D eigenvalue weighted by Crippen LogP contribution is -2.37. The van der Waals surface area contributed by atoms with Crippen molar-refractivity contribution in [2.24, 2.45) is 0 Å². The van der Waals surface area contributed by atoms with Crippen LogP contribution >= 0.6 is 11.3 Å². The van der Waals surface area contributed by atoms with Gasteiger partial charge in [0.1, 0.15) is 0 Å². The molecule has 0 atom stereocenters. The monoisotopic (exact) mass is 373 g/mol. The summed E-state index contributed by atoms with van der Waals surface area (Å²) in [5, 5.41) is 11.7. The van der Waals surface area contributed by atoms with Crippen LogP contribution in [0.15, 0.2) is 47.2 Å². The van der Waals surface area contributed by atoms with Crippen LogP contribution in [0.25, 0.3) is 0 Å². The zero-order valence-corrected chi connectivity index (χ0v) is 15.3. The molecule has 3 N–H and O–H groups in total. The molecule has 2 aromatic rings. The molecule has 6 nitrogen and oxygen atoms in total. The van der Waals surface area contributed by atoms with Crippen molar-refractivity contribution in [2.45, 2.75) is 19.3 Å². The molecule has 0 bridgehead atoms. The average Bonchev–Trinajstić information content (AvgIpc) is 3.19. The second kappa shape index (κ2) is 11.0. The van der Waals surface area contributed by atoms with Gasteiger partial charge in [-0.25, -0.2) is 0 Å². The van der Waals surface area contributed by atoms with Crippen LogP contribution in [-0.2, 0) is 16.0 Å². The number of amides is 3. The molecule has 1 aromatic carbocycles. The van der Waals surface area contributed by atoms with Crippen LogP contribution in [0, 0.1) is 0 Å². The first-order chi connectivity index (χ1) is 12.6. The van der Waals surface area contributed by atoms with Gasteiger partial charge in [0.2, 0.25) is 11.8 Å². The number of benzene rings is 1. The van der Waals surface area contributed by atoms with E-state index >= 15 is 0 Å². The zero-order valence-electron chi connectivity index (χ0n) is 14.5. The second-order valence-corrected chi connectivity index (χ2v) is 6.51. The van der Waals surface area contributed by atoms with Gasteiger partial charge in [0, 0.05) is 30.5 Å². The number of carbonyl (C=O) groups is 3. The molecular weight excluding hydrogens is 350 g/mol. The number of thiophene rings is 1. The van der Waals surface area contributed by atoms with E-state index in [0.717, 1.165) is 12.0 Å². The van der Waals surface area contributed by atoms with Crippen molar-refractivity contribution < 1.29 is 14.4 Å². The summed E-state index contributed by atoms with van der Waals surface area (Å²) >= 11 is 1.46. The minimum Gasteiger partial charge on any atom is -0.354 e. The number of hydrogen-bond donors (Lipinski definition) is 3. The molecule has 0 saturated heterocycles. The van der Waals surface area contributed by atoms with Crippen LogP contribution in [0.3, 0.4) is 0 Å². The van der Waals surface area contributed by atoms with E-state index in [-0.39, 0.29) is 30.7 Å². The van der Waals surface area contributed by atoms with E-state index in [4.69, 9.17) is 0 Å². The van der Waals surface area contributed by atoms with Gasteiger partial charge >= 0.3 is 0 Å². The van der Waals surface area contributed by atoms with E-state index in [0.29, 0.717) is 25.1 Å². The summed E-state index contributed by atoms with van der Waals surface area (Å²) < 4.78 is 0. The highest BCUT2D eigenvalue weighted by Crippen LogP contribution is 2.05. The van der Waals surface area contributed by atoms with Gasteiger partial charge < -0.3 is 16.0 Å². The second-order valence-electron chi connectivity index (χ2n) is 5.73. The number of hydrogen-bond acceptors (Lipinski definition) is 4. The molecule has 1 heterocycles. The lowest BCUT2D eigenvalue weighted by molar-refractivity contribution is -0.126. The van der Waals surface area contributed by atoms with Crippen molar-refractivity contribution in [1.29, 1.82) is 0 Å². The molecule has 0 radical (unpaired) electrons. The summed E-state index contributed by atoms with van der Waals surface area (Å²) in [7, 11) is 0. The van der Waals surface area contributed by atoms with Crippen LogP contribution in [0.1, 0.15) is 28.8 Å². The average molecular weight is 373 g/mol. The molecule has 0 aliphatic heterocycles. The number of carbonyl (C=O) groups excluding carboxylic acids is 3. The summed E-state index contributed by atoms with van der Waals surface area (Å²) in [6.45, 7) is 0.924. The van der Waals surface area contributed by atoms with Crippen LogP contribution in [0.5, 0.6) is 0 Å². The van der Waals surface area contributed by atoms with Gasteiger partial charge in [-0.2, -0.15) is 11.3 Å². The SMILES string of the molecule is O=C(CCCNC(=O)c1ccsc1)NCC(=O)NCCc1ccccc1. The first-order valence-corrected chi connectivity index (χ1v) is 9.47. The lowest BCUT2D eigenvalue weighted by Gasteiger charge is -2.07. The van der Waals surface area contributed by atoms with E-state index in [9.17, 15) is 14.4 Å². The highest BCUT2D eigenvalue weighted by atomic mass is 32.1. The van der Waals surface area contributed by atoms with Gasteiger partial charge in [0.25, 0.3) is 5.91 Å². The summed E-state index contributed by atoms with van der Waals surface area (Å²) in [5.41, 5.74) is 1.79. The van der Waals surface area contributed by atoms with Gasteiger partial charge in [-0.1, -0.05) is 30.3 Å². The zero-order chi connectivity index (χ0) is 18.6. The molecule has 3 amide bonds. The van der Waals surface area contributed by atoms with E-state index in [1.807, 2.05) is 35.7 Å². The summed E-state index contributed by atoms with van der Waals surface area (Å²) in [5.74, 6) is -0.544. The maximum atomic E-state index is 11.7. The standard InChI is InChI=1S/C19H23N3O3S/c23-17(7-4-10-21-19(25)16-9-12-26-14-16)22-13-18(24)20-11-8-15-5-2-1-3-6-15/h1-3,5-6,9,12,14H,4,7-8,10-11,13H2,(H,20,24)(H,21,25)(H,22,23). The van der Waals surface area contributed by atoms with Gasteiger partial charge in [-0.15, -0.1) is 0 Å². The first kappa shape index (κ1) is 19.7. The van der Waals surface area contributed by atoms with E-state index in [1.165, 1.54) is 11.3 Å². The fraction of sp³-hybridized carbons (Fsp3) is 0.316. The Hall–Kier alpha value is -2.67. The maximum Gasteiger partial charge on any atom is 0.252 e. The largest absolute Gasteiger partial charge is 0.354 e. The molecule has 138 valence electrons. The Bertz CT molecular complexity index is 702. The van der Waals surface area contributed by atoms with E-state index in [1.54, 1.807) is 11.4 Å². The third-order valence-electron chi connectivity index (χ3n) is 3.67. The third kappa shape index (κ3) is 7.48. The summed E-state index contributed by atoms with van der Waals surface area (Å²) in [4.78, 5) is 35.1. The first-order valence-electron chi connectivity index (χ1n) is 8.53. The Morgan fingerprint density at radius 3 is 2.42 bits per heavy atom. The van der Waals surface area contributed by atoms with Crippen molar-refractivity contribution in [2.75, 3.05) is 19.6 Å². The third-order valence-corrected chi connectivity index (χ3v) is 4.36. The molecule has 26 heavy (non-hydrogen) atoms. The molecule has 7 heteroatoms. The van der Waals surface area contributed by atoms with E-state index < -0.39 is 0 Å². The lowest BCUT2D eigenvalue weighted by atomic mass is 10.1.